The van der Waals surface area contributed by atoms with Crippen LogP contribution in [0, 0.1) is 6.92 Å². The second-order valence-corrected chi connectivity index (χ2v) is 3.95. The van der Waals surface area contributed by atoms with E-state index in [2.05, 4.69) is 20.8 Å². The van der Waals surface area contributed by atoms with Crippen molar-refractivity contribution in [3.05, 3.63) is 11.7 Å². The van der Waals surface area contributed by atoms with E-state index in [-0.39, 0.29) is 11.9 Å². The minimum absolute atomic E-state index is 0.0159. The van der Waals surface area contributed by atoms with Gasteiger partial charge in [-0.1, -0.05) is 11.6 Å². The van der Waals surface area contributed by atoms with Crippen molar-refractivity contribution < 1.29 is 9.32 Å². The molecule has 0 spiro atoms. The lowest BCUT2D eigenvalue weighted by Gasteiger charge is -2.22. The van der Waals surface area contributed by atoms with Crippen LogP contribution in [0.5, 0.6) is 0 Å². The average molecular weight is 224 g/mol. The number of rotatable bonds is 3. The van der Waals surface area contributed by atoms with Gasteiger partial charge in [0.1, 0.15) is 0 Å². The molecule has 2 heterocycles. The summed E-state index contributed by atoms with van der Waals surface area (Å²) in [6, 6.07) is -0.0678. The van der Waals surface area contributed by atoms with Crippen LogP contribution >= 0.6 is 0 Å². The number of aromatic nitrogens is 2. The largest absolute Gasteiger partial charge is 0.347 e. The molecule has 1 aromatic rings. The Balaban J connectivity index is 1.78. The van der Waals surface area contributed by atoms with Crippen molar-refractivity contribution in [3.8, 4) is 0 Å². The topological polar surface area (TPSA) is 80.0 Å². The quantitative estimate of drug-likeness (QED) is 0.763. The molecule has 88 valence electrons. The normalized spacial score (nSPS) is 20.7. The smallest absolute Gasteiger partial charge is 0.237 e. The van der Waals surface area contributed by atoms with Gasteiger partial charge in [0, 0.05) is 6.92 Å². The highest BCUT2D eigenvalue weighted by Gasteiger charge is 2.20. The highest BCUT2D eigenvalue weighted by molar-refractivity contribution is 5.81. The highest BCUT2D eigenvalue weighted by atomic mass is 16.5. The van der Waals surface area contributed by atoms with Gasteiger partial charge < -0.3 is 15.2 Å². The van der Waals surface area contributed by atoms with Crippen LogP contribution in [-0.4, -0.2) is 28.6 Å². The Morgan fingerprint density at radius 1 is 1.62 bits per heavy atom. The van der Waals surface area contributed by atoms with Gasteiger partial charge >= 0.3 is 0 Å². The number of hydrogen-bond donors (Lipinski definition) is 2. The molecule has 16 heavy (non-hydrogen) atoms. The Labute approximate surface area is 93.8 Å². The Morgan fingerprint density at radius 2 is 2.50 bits per heavy atom. The van der Waals surface area contributed by atoms with Gasteiger partial charge in [0.05, 0.1) is 12.6 Å². The summed E-state index contributed by atoms with van der Waals surface area (Å²) in [6.45, 7) is 2.97. The van der Waals surface area contributed by atoms with Crippen molar-refractivity contribution in [1.82, 2.24) is 20.8 Å². The van der Waals surface area contributed by atoms with Crippen molar-refractivity contribution in [3.63, 3.8) is 0 Å². The van der Waals surface area contributed by atoms with Crippen LogP contribution in [0.2, 0.25) is 0 Å². The first-order valence-corrected chi connectivity index (χ1v) is 5.56. The van der Waals surface area contributed by atoms with Crippen molar-refractivity contribution >= 4 is 5.91 Å². The van der Waals surface area contributed by atoms with Gasteiger partial charge in [-0.3, -0.25) is 4.79 Å². The number of amides is 1. The Kier molecular flexibility index (Phi) is 3.51. The van der Waals surface area contributed by atoms with E-state index in [9.17, 15) is 4.79 Å². The summed E-state index contributed by atoms with van der Waals surface area (Å²) >= 11 is 0. The summed E-state index contributed by atoms with van der Waals surface area (Å²) in [7, 11) is 0. The summed E-state index contributed by atoms with van der Waals surface area (Å²) in [5.74, 6) is 1.05. The van der Waals surface area contributed by atoms with Gasteiger partial charge in [-0.2, -0.15) is 4.98 Å². The summed E-state index contributed by atoms with van der Waals surface area (Å²) in [6.07, 6.45) is 3.15. The zero-order valence-electron chi connectivity index (χ0n) is 9.32. The van der Waals surface area contributed by atoms with Crippen molar-refractivity contribution in [2.45, 2.75) is 38.8 Å². The summed E-state index contributed by atoms with van der Waals surface area (Å²) in [5, 5.41) is 9.69. The fourth-order valence-corrected chi connectivity index (χ4v) is 1.78. The number of piperidine rings is 1. The molecule has 0 saturated carbocycles. The lowest BCUT2D eigenvalue weighted by Crippen LogP contribution is -2.46. The SMILES string of the molecule is Cc1nc(CNC(=O)C2CCCCN2)no1. The number of carbonyl (C=O) groups excluding carboxylic acids is 1. The molecule has 1 fully saturated rings. The second-order valence-electron chi connectivity index (χ2n) is 3.95. The Morgan fingerprint density at radius 3 is 3.12 bits per heavy atom. The molecule has 2 rings (SSSR count). The van der Waals surface area contributed by atoms with E-state index in [0.29, 0.717) is 18.3 Å². The predicted molar refractivity (Wildman–Crippen MR) is 56.5 cm³/mol. The maximum Gasteiger partial charge on any atom is 0.237 e. The van der Waals surface area contributed by atoms with E-state index in [1.54, 1.807) is 6.92 Å². The highest BCUT2D eigenvalue weighted by Crippen LogP contribution is 2.06. The van der Waals surface area contributed by atoms with E-state index in [4.69, 9.17) is 4.52 Å². The molecule has 1 aliphatic rings. The third-order valence-electron chi connectivity index (χ3n) is 2.62. The van der Waals surface area contributed by atoms with Crippen LogP contribution in [0.3, 0.4) is 0 Å². The van der Waals surface area contributed by atoms with Crippen LogP contribution in [0.15, 0.2) is 4.52 Å². The molecule has 6 heteroatoms. The Hall–Kier alpha value is -1.43. The van der Waals surface area contributed by atoms with Crippen molar-refractivity contribution in [2.24, 2.45) is 0 Å². The van der Waals surface area contributed by atoms with Gasteiger partial charge in [-0.05, 0) is 19.4 Å². The van der Waals surface area contributed by atoms with Crippen LogP contribution < -0.4 is 10.6 Å². The van der Waals surface area contributed by atoms with E-state index < -0.39 is 0 Å². The molecule has 0 aliphatic carbocycles. The first-order chi connectivity index (χ1) is 7.75. The number of nitrogens with one attached hydrogen (secondary N) is 2. The standard InChI is InChI=1S/C10H16N4O2/c1-7-13-9(14-16-7)6-12-10(15)8-4-2-3-5-11-8/h8,11H,2-6H2,1H3,(H,12,15). The summed E-state index contributed by atoms with van der Waals surface area (Å²) in [4.78, 5) is 15.7. The predicted octanol–water partition coefficient (Wildman–Crippen LogP) is 0.136. The summed E-state index contributed by atoms with van der Waals surface area (Å²) in [5.41, 5.74) is 0. The molecule has 1 atom stereocenters. The molecule has 0 bridgehead atoms. The van der Waals surface area contributed by atoms with Gasteiger partial charge in [-0.25, -0.2) is 0 Å². The van der Waals surface area contributed by atoms with Gasteiger partial charge in [0.25, 0.3) is 0 Å². The monoisotopic (exact) mass is 224 g/mol. The molecule has 0 aromatic carbocycles. The van der Waals surface area contributed by atoms with Crippen LogP contribution in [0.4, 0.5) is 0 Å². The lowest BCUT2D eigenvalue weighted by molar-refractivity contribution is -0.123. The molecule has 1 aliphatic heterocycles. The van der Waals surface area contributed by atoms with Crippen molar-refractivity contribution in [1.29, 1.82) is 0 Å². The molecule has 2 N–H and O–H groups in total. The minimum Gasteiger partial charge on any atom is -0.347 e. The molecule has 0 radical (unpaired) electrons. The zero-order valence-corrected chi connectivity index (χ0v) is 9.32. The average Bonchev–Trinajstić information content (AvgIpc) is 2.73. The molecule has 6 nitrogen and oxygen atoms in total. The molecule has 1 saturated heterocycles. The van der Waals surface area contributed by atoms with Gasteiger partial charge in [0.15, 0.2) is 5.82 Å². The molecular weight excluding hydrogens is 208 g/mol. The fraction of sp³-hybridized carbons (Fsp3) is 0.700. The number of carbonyl (C=O) groups is 1. The lowest BCUT2D eigenvalue weighted by atomic mass is 10.0. The Bertz CT molecular complexity index is 357. The van der Waals surface area contributed by atoms with E-state index in [1.165, 1.54) is 0 Å². The molecule has 1 aromatic heterocycles. The third-order valence-corrected chi connectivity index (χ3v) is 2.62. The first-order valence-electron chi connectivity index (χ1n) is 5.56. The van der Waals surface area contributed by atoms with E-state index in [1.807, 2.05) is 0 Å². The third kappa shape index (κ3) is 2.79. The zero-order chi connectivity index (χ0) is 11.4. The van der Waals surface area contributed by atoms with Gasteiger partial charge in [0.2, 0.25) is 11.8 Å². The molecule has 1 amide bonds. The van der Waals surface area contributed by atoms with E-state index >= 15 is 0 Å². The first kappa shape index (κ1) is 11.1. The van der Waals surface area contributed by atoms with Gasteiger partial charge in [-0.15, -0.1) is 0 Å². The number of aryl methyl sites for hydroxylation is 1. The molecule has 1 unspecified atom stereocenters. The van der Waals surface area contributed by atoms with Crippen LogP contribution in [0.1, 0.15) is 31.0 Å². The van der Waals surface area contributed by atoms with Crippen LogP contribution in [-0.2, 0) is 11.3 Å². The maximum absolute atomic E-state index is 11.7. The minimum atomic E-state index is -0.0678. The number of nitrogens with zero attached hydrogens (tertiary/aromatic N) is 2. The van der Waals surface area contributed by atoms with Crippen molar-refractivity contribution in [2.75, 3.05) is 6.54 Å². The second kappa shape index (κ2) is 5.07. The molecular formula is C10H16N4O2. The maximum atomic E-state index is 11.7. The van der Waals surface area contributed by atoms with Crippen LogP contribution in [0.25, 0.3) is 0 Å². The van der Waals surface area contributed by atoms with E-state index in [0.717, 1.165) is 25.8 Å². The summed E-state index contributed by atoms with van der Waals surface area (Å²) < 4.78 is 4.81. The fourth-order valence-electron chi connectivity index (χ4n) is 1.78. The number of hydrogen-bond acceptors (Lipinski definition) is 5.